The number of alkyl halides is 1. The largest absolute Gasteiger partial charge is 0.315 e. The Morgan fingerprint density at radius 2 is 1.88 bits per heavy atom. The van der Waals surface area contributed by atoms with E-state index in [0.717, 1.165) is 0 Å². The van der Waals surface area contributed by atoms with Crippen molar-refractivity contribution in [2.75, 3.05) is 0 Å². The van der Waals surface area contributed by atoms with E-state index in [-0.39, 0.29) is 5.50 Å². The molecule has 0 aromatic rings. The van der Waals surface area contributed by atoms with E-state index in [1.54, 1.807) is 0 Å². The maximum atomic E-state index is 5.66. The van der Waals surface area contributed by atoms with E-state index in [2.05, 4.69) is 0 Å². The van der Waals surface area contributed by atoms with Gasteiger partial charge in [-0.25, -0.2) is 0 Å². The van der Waals surface area contributed by atoms with Crippen LogP contribution in [0.1, 0.15) is 25.7 Å². The molecule has 1 aliphatic carbocycles. The first kappa shape index (κ1) is 6.37. The summed E-state index contributed by atoms with van der Waals surface area (Å²) in [7, 11) is 0. The molecule has 1 nitrogen and oxygen atoms in total. The highest BCUT2D eigenvalue weighted by Gasteiger charge is 2.19. The Morgan fingerprint density at radius 1 is 1.38 bits per heavy atom. The van der Waals surface area contributed by atoms with Crippen LogP contribution in [-0.2, 0) is 0 Å². The Hall–Kier alpha value is 0.250. The summed E-state index contributed by atoms with van der Waals surface area (Å²) >= 11 is 5.66. The van der Waals surface area contributed by atoms with Crippen molar-refractivity contribution in [2.24, 2.45) is 11.7 Å². The molecule has 1 atom stereocenters. The van der Waals surface area contributed by atoms with Gasteiger partial charge < -0.3 is 5.73 Å². The van der Waals surface area contributed by atoms with Gasteiger partial charge in [-0.2, -0.15) is 0 Å². The van der Waals surface area contributed by atoms with Crippen LogP contribution in [0.3, 0.4) is 0 Å². The number of hydrogen-bond acceptors (Lipinski definition) is 1. The third-order valence-electron chi connectivity index (χ3n) is 1.85. The smallest absolute Gasteiger partial charge is 0.0829 e. The lowest BCUT2D eigenvalue weighted by Crippen LogP contribution is -2.20. The Kier molecular flexibility index (Phi) is 2.15. The maximum Gasteiger partial charge on any atom is 0.0829 e. The summed E-state index contributed by atoms with van der Waals surface area (Å²) in [6.07, 6.45) is 5.13. The molecule has 0 aromatic carbocycles. The highest BCUT2D eigenvalue weighted by atomic mass is 35.5. The summed E-state index contributed by atoms with van der Waals surface area (Å²) < 4.78 is 0. The van der Waals surface area contributed by atoms with Crippen LogP contribution in [0.25, 0.3) is 0 Å². The quantitative estimate of drug-likeness (QED) is 0.428. The normalized spacial score (nSPS) is 26.2. The Bertz CT molecular complexity index is 66.9. The molecule has 8 heavy (non-hydrogen) atoms. The second kappa shape index (κ2) is 2.70. The third kappa shape index (κ3) is 1.36. The molecule has 0 spiro atoms. The lowest BCUT2D eigenvalue weighted by Gasteiger charge is -2.09. The summed E-state index contributed by atoms with van der Waals surface area (Å²) in [5.41, 5.74) is 5.38. The zero-order valence-electron chi connectivity index (χ0n) is 4.94. The zero-order chi connectivity index (χ0) is 5.98. The van der Waals surface area contributed by atoms with E-state index >= 15 is 0 Å². The number of rotatable bonds is 1. The molecular weight excluding hydrogens is 122 g/mol. The van der Waals surface area contributed by atoms with Gasteiger partial charge in [0.2, 0.25) is 0 Å². The minimum Gasteiger partial charge on any atom is -0.315 e. The second-order valence-electron chi connectivity index (χ2n) is 2.49. The number of nitrogens with two attached hydrogens (primary N) is 1. The van der Waals surface area contributed by atoms with Crippen LogP contribution >= 0.6 is 11.6 Å². The molecule has 0 saturated heterocycles. The molecule has 1 rings (SSSR count). The minimum atomic E-state index is -0.0856. The fourth-order valence-corrected chi connectivity index (χ4v) is 1.53. The molecule has 0 bridgehead atoms. The van der Waals surface area contributed by atoms with Gasteiger partial charge in [0.25, 0.3) is 0 Å². The molecule has 0 heterocycles. The van der Waals surface area contributed by atoms with Crippen molar-refractivity contribution in [1.82, 2.24) is 0 Å². The van der Waals surface area contributed by atoms with E-state index in [1.807, 2.05) is 0 Å². The Morgan fingerprint density at radius 3 is 2.12 bits per heavy atom. The van der Waals surface area contributed by atoms with Crippen LogP contribution < -0.4 is 5.73 Å². The van der Waals surface area contributed by atoms with Gasteiger partial charge in [-0.15, -0.1) is 11.6 Å². The molecule has 2 N–H and O–H groups in total. The monoisotopic (exact) mass is 133 g/mol. The van der Waals surface area contributed by atoms with Crippen LogP contribution in [0.4, 0.5) is 0 Å². The van der Waals surface area contributed by atoms with Crippen LogP contribution in [0, 0.1) is 5.92 Å². The van der Waals surface area contributed by atoms with Gasteiger partial charge >= 0.3 is 0 Å². The molecule has 1 saturated carbocycles. The molecule has 1 fully saturated rings. The Balaban J connectivity index is 2.24. The van der Waals surface area contributed by atoms with Gasteiger partial charge in [0, 0.05) is 0 Å². The fourth-order valence-electron chi connectivity index (χ4n) is 1.28. The first-order valence-corrected chi connectivity index (χ1v) is 3.64. The Labute approximate surface area is 55.2 Å². The lowest BCUT2D eigenvalue weighted by atomic mass is 10.1. The van der Waals surface area contributed by atoms with Crippen molar-refractivity contribution in [3.8, 4) is 0 Å². The number of halogens is 1. The first-order valence-electron chi connectivity index (χ1n) is 3.20. The van der Waals surface area contributed by atoms with E-state index in [4.69, 9.17) is 17.3 Å². The van der Waals surface area contributed by atoms with E-state index in [1.165, 1.54) is 25.7 Å². The van der Waals surface area contributed by atoms with Crippen molar-refractivity contribution in [2.45, 2.75) is 31.2 Å². The van der Waals surface area contributed by atoms with Gasteiger partial charge in [0.1, 0.15) is 0 Å². The minimum absolute atomic E-state index is 0.0856. The molecule has 48 valence electrons. The summed E-state index contributed by atoms with van der Waals surface area (Å²) in [4.78, 5) is 0. The van der Waals surface area contributed by atoms with Gasteiger partial charge in [0.05, 0.1) is 5.50 Å². The average Bonchev–Trinajstić information content (AvgIpc) is 2.12. The van der Waals surface area contributed by atoms with Crippen molar-refractivity contribution in [3.05, 3.63) is 0 Å². The SMILES string of the molecule is NC(Cl)C1CCCC1. The van der Waals surface area contributed by atoms with Crippen LogP contribution in [0.2, 0.25) is 0 Å². The fraction of sp³-hybridized carbons (Fsp3) is 1.00. The first-order chi connectivity index (χ1) is 3.80. The van der Waals surface area contributed by atoms with Crippen LogP contribution in [0.5, 0.6) is 0 Å². The molecule has 0 radical (unpaired) electrons. The van der Waals surface area contributed by atoms with Crippen molar-refractivity contribution >= 4 is 11.6 Å². The van der Waals surface area contributed by atoms with Gasteiger partial charge in [-0.05, 0) is 18.8 Å². The standard InChI is InChI=1S/C6H12ClN/c7-6(8)5-3-1-2-4-5/h5-6H,1-4,8H2. The molecule has 0 aliphatic heterocycles. The molecule has 1 aliphatic rings. The second-order valence-corrected chi connectivity index (χ2v) is 2.99. The summed E-state index contributed by atoms with van der Waals surface area (Å²) in [5.74, 6) is 0.608. The summed E-state index contributed by atoms with van der Waals surface area (Å²) in [6, 6.07) is 0. The van der Waals surface area contributed by atoms with Gasteiger partial charge in [0.15, 0.2) is 0 Å². The van der Waals surface area contributed by atoms with Gasteiger partial charge in [-0.1, -0.05) is 12.8 Å². The molecule has 2 heteroatoms. The van der Waals surface area contributed by atoms with Crippen molar-refractivity contribution in [1.29, 1.82) is 0 Å². The number of hydrogen-bond donors (Lipinski definition) is 1. The molecule has 0 aromatic heterocycles. The van der Waals surface area contributed by atoms with E-state index in [9.17, 15) is 0 Å². The van der Waals surface area contributed by atoms with Gasteiger partial charge in [-0.3, -0.25) is 0 Å². The van der Waals surface area contributed by atoms with Crippen LogP contribution in [0.15, 0.2) is 0 Å². The predicted molar refractivity (Wildman–Crippen MR) is 35.8 cm³/mol. The van der Waals surface area contributed by atoms with Crippen LogP contribution in [-0.4, -0.2) is 5.50 Å². The predicted octanol–water partition coefficient (Wildman–Crippen LogP) is 1.70. The topological polar surface area (TPSA) is 26.0 Å². The zero-order valence-corrected chi connectivity index (χ0v) is 5.69. The van der Waals surface area contributed by atoms with E-state index in [0.29, 0.717) is 5.92 Å². The summed E-state index contributed by atoms with van der Waals surface area (Å²) in [5, 5.41) is 0. The lowest BCUT2D eigenvalue weighted by molar-refractivity contribution is 0.525. The third-order valence-corrected chi connectivity index (χ3v) is 2.21. The maximum absolute atomic E-state index is 5.66. The molecular formula is C6H12ClN. The molecule has 1 unspecified atom stereocenters. The summed E-state index contributed by atoms with van der Waals surface area (Å²) in [6.45, 7) is 0. The van der Waals surface area contributed by atoms with Crippen molar-refractivity contribution in [3.63, 3.8) is 0 Å². The van der Waals surface area contributed by atoms with E-state index < -0.39 is 0 Å². The molecule has 0 amide bonds. The van der Waals surface area contributed by atoms with Crippen molar-refractivity contribution < 1.29 is 0 Å². The highest BCUT2D eigenvalue weighted by molar-refractivity contribution is 6.20. The highest BCUT2D eigenvalue weighted by Crippen LogP contribution is 2.27. The average molecular weight is 134 g/mol.